The summed E-state index contributed by atoms with van der Waals surface area (Å²) in [5.74, 6) is 0.756. The van der Waals surface area contributed by atoms with E-state index in [9.17, 15) is 4.79 Å². The van der Waals surface area contributed by atoms with Crippen LogP contribution in [0.15, 0.2) is 24.3 Å². The molecule has 1 N–H and O–H groups in total. The largest absolute Gasteiger partial charge is 0.478 e. The summed E-state index contributed by atoms with van der Waals surface area (Å²) < 4.78 is 11.5. The fourth-order valence-electron chi connectivity index (χ4n) is 2.53. The van der Waals surface area contributed by atoms with Crippen molar-refractivity contribution >= 4 is 11.6 Å². The van der Waals surface area contributed by atoms with Gasteiger partial charge in [-0.25, -0.2) is 0 Å². The van der Waals surface area contributed by atoms with Crippen molar-refractivity contribution in [3.63, 3.8) is 0 Å². The van der Waals surface area contributed by atoms with Crippen molar-refractivity contribution < 1.29 is 14.3 Å². The monoisotopic (exact) mass is 262 g/mol. The standard InChI is InChI=1S/C14H18N2O3/c1-16-11-4-2-3-5-12(11)19-13(14(16)17)8-10-9-15-6-7-18-10/h2-5,10,13,15H,6-9H2,1H3. The van der Waals surface area contributed by atoms with Crippen LogP contribution in [0.5, 0.6) is 5.75 Å². The summed E-state index contributed by atoms with van der Waals surface area (Å²) in [4.78, 5) is 14.0. The fourth-order valence-corrected chi connectivity index (χ4v) is 2.53. The first kappa shape index (κ1) is 12.4. The molecule has 102 valence electrons. The van der Waals surface area contributed by atoms with E-state index < -0.39 is 6.10 Å². The number of morpholine rings is 1. The highest BCUT2D eigenvalue weighted by Crippen LogP contribution is 2.33. The smallest absolute Gasteiger partial charge is 0.267 e. The molecular weight excluding hydrogens is 244 g/mol. The van der Waals surface area contributed by atoms with Crippen LogP contribution in [-0.2, 0) is 9.53 Å². The van der Waals surface area contributed by atoms with E-state index >= 15 is 0 Å². The number of amides is 1. The maximum absolute atomic E-state index is 12.3. The Morgan fingerprint density at radius 3 is 3.05 bits per heavy atom. The second-order valence-corrected chi connectivity index (χ2v) is 4.90. The molecule has 1 aromatic carbocycles. The van der Waals surface area contributed by atoms with Crippen LogP contribution in [0.4, 0.5) is 5.69 Å². The van der Waals surface area contributed by atoms with E-state index in [-0.39, 0.29) is 12.0 Å². The lowest BCUT2D eigenvalue weighted by molar-refractivity contribution is -0.128. The number of carbonyl (C=O) groups excluding carboxylic acids is 1. The number of benzene rings is 1. The molecule has 1 amide bonds. The molecular formula is C14H18N2O3. The Kier molecular flexibility index (Phi) is 3.40. The van der Waals surface area contributed by atoms with Gasteiger partial charge in [0.05, 0.1) is 18.4 Å². The first-order valence-electron chi connectivity index (χ1n) is 6.61. The number of carbonyl (C=O) groups is 1. The van der Waals surface area contributed by atoms with Gasteiger partial charge in [0.25, 0.3) is 5.91 Å². The highest BCUT2D eigenvalue weighted by atomic mass is 16.5. The van der Waals surface area contributed by atoms with Gasteiger partial charge in [-0.1, -0.05) is 12.1 Å². The zero-order valence-corrected chi connectivity index (χ0v) is 11.0. The SMILES string of the molecule is CN1C(=O)C(CC2CNCCO2)Oc2ccccc21. The van der Waals surface area contributed by atoms with E-state index in [1.54, 1.807) is 11.9 Å². The van der Waals surface area contributed by atoms with E-state index in [4.69, 9.17) is 9.47 Å². The molecule has 2 unspecified atom stereocenters. The van der Waals surface area contributed by atoms with Crippen LogP contribution >= 0.6 is 0 Å². The van der Waals surface area contributed by atoms with Gasteiger partial charge in [0.15, 0.2) is 6.10 Å². The molecule has 0 saturated carbocycles. The van der Waals surface area contributed by atoms with E-state index in [1.807, 2.05) is 24.3 Å². The Bertz CT molecular complexity index is 472. The van der Waals surface area contributed by atoms with Crippen LogP contribution in [0, 0.1) is 0 Å². The Hall–Kier alpha value is -1.59. The Balaban J connectivity index is 1.75. The van der Waals surface area contributed by atoms with Crippen molar-refractivity contribution in [1.82, 2.24) is 5.32 Å². The summed E-state index contributed by atoms with van der Waals surface area (Å²) in [6, 6.07) is 7.60. The Morgan fingerprint density at radius 1 is 1.42 bits per heavy atom. The molecule has 2 aliphatic rings. The van der Waals surface area contributed by atoms with Crippen molar-refractivity contribution in [2.75, 3.05) is 31.6 Å². The molecule has 5 heteroatoms. The van der Waals surface area contributed by atoms with Crippen molar-refractivity contribution in [1.29, 1.82) is 0 Å². The Morgan fingerprint density at radius 2 is 2.26 bits per heavy atom. The first-order chi connectivity index (χ1) is 9.25. The van der Waals surface area contributed by atoms with Gasteiger partial charge in [0.1, 0.15) is 5.75 Å². The number of hydrogen-bond donors (Lipinski definition) is 1. The summed E-state index contributed by atoms with van der Waals surface area (Å²) in [5, 5.41) is 3.26. The summed E-state index contributed by atoms with van der Waals surface area (Å²) in [5.41, 5.74) is 0.825. The lowest BCUT2D eigenvalue weighted by atomic mass is 10.1. The molecule has 3 rings (SSSR count). The van der Waals surface area contributed by atoms with Crippen LogP contribution in [-0.4, -0.2) is 44.9 Å². The van der Waals surface area contributed by atoms with Gasteiger partial charge < -0.3 is 19.7 Å². The molecule has 0 aliphatic carbocycles. The van der Waals surface area contributed by atoms with E-state index in [2.05, 4.69) is 5.32 Å². The number of likely N-dealkylation sites (N-methyl/N-ethyl adjacent to an activating group) is 1. The van der Waals surface area contributed by atoms with E-state index in [0.717, 1.165) is 24.5 Å². The van der Waals surface area contributed by atoms with Crippen LogP contribution in [0.2, 0.25) is 0 Å². The second-order valence-electron chi connectivity index (χ2n) is 4.90. The molecule has 1 aromatic rings. The Labute approximate surface area is 112 Å². The number of nitrogens with one attached hydrogen (secondary N) is 1. The van der Waals surface area contributed by atoms with E-state index in [0.29, 0.717) is 13.0 Å². The number of rotatable bonds is 2. The number of ether oxygens (including phenoxy) is 2. The minimum atomic E-state index is -0.454. The second kappa shape index (κ2) is 5.19. The third-order valence-electron chi connectivity index (χ3n) is 3.58. The quantitative estimate of drug-likeness (QED) is 0.856. The van der Waals surface area contributed by atoms with Gasteiger partial charge in [-0.15, -0.1) is 0 Å². The lowest BCUT2D eigenvalue weighted by Gasteiger charge is -2.34. The average Bonchev–Trinajstić information content (AvgIpc) is 2.46. The predicted molar refractivity (Wildman–Crippen MR) is 71.5 cm³/mol. The van der Waals surface area contributed by atoms with Gasteiger partial charge in [-0.3, -0.25) is 4.79 Å². The summed E-state index contributed by atoms with van der Waals surface area (Å²) in [6.07, 6.45) is 0.177. The van der Waals surface area contributed by atoms with Gasteiger partial charge in [-0.2, -0.15) is 0 Å². The minimum absolute atomic E-state index is 0.00660. The number of para-hydroxylation sites is 2. The number of anilines is 1. The first-order valence-corrected chi connectivity index (χ1v) is 6.61. The van der Waals surface area contributed by atoms with Crippen molar-refractivity contribution in [2.45, 2.75) is 18.6 Å². The van der Waals surface area contributed by atoms with Crippen molar-refractivity contribution in [3.05, 3.63) is 24.3 Å². The third kappa shape index (κ3) is 2.43. The van der Waals surface area contributed by atoms with Crippen LogP contribution in [0.3, 0.4) is 0 Å². The normalized spacial score (nSPS) is 26.8. The highest BCUT2D eigenvalue weighted by Gasteiger charge is 2.34. The lowest BCUT2D eigenvalue weighted by Crippen LogP contribution is -2.48. The van der Waals surface area contributed by atoms with Crippen LogP contribution in [0.25, 0.3) is 0 Å². The molecule has 2 heterocycles. The number of fused-ring (bicyclic) bond motifs is 1. The number of nitrogens with zero attached hydrogens (tertiary/aromatic N) is 1. The van der Waals surface area contributed by atoms with Gasteiger partial charge in [-0.05, 0) is 12.1 Å². The average molecular weight is 262 g/mol. The topological polar surface area (TPSA) is 50.8 Å². The van der Waals surface area contributed by atoms with Crippen molar-refractivity contribution in [2.24, 2.45) is 0 Å². The zero-order valence-electron chi connectivity index (χ0n) is 11.0. The fraction of sp³-hybridized carbons (Fsp3) is 0.500. The molecule has 5 nitrogen and oxygen atoms in total. The van der Waals surface area contributed by atoms with Crippen molar-refractivity contribution in [3.8, 4) is 5.75 Å². The predicted octanol–water partition coefficient (Wildman–Crippen LogP) is 0.789. The minimum Gasteiger partial charge on any atom is -0.478 e. The third-order valence-corrected chi connectivity index (χ3v) is 3.58. The van der Waals surface area contributed by atoms with Gasteiger partial charge >= 0.3 is 0 Å². The molecule has 1 fully saturated rings. The zero-order chi connectivity index (χ0) is 13.2. The van der Waals surface area contributed by atoms with E-state index in [1.165, 1.54) is 0 Å². The summed E-state index contributed by atoms with van der Waals surface area (Å²) in [7, 11) is 1.79. The van der Waals surface area contributed by atoms with Gasteiger partial charge in [0.2, 0.25) is 0 Å². The molecule has 0 bridgehead atoms. The molecule has 0 radical (unpaired) electrons. The number of hydrogen-bond acceptors (Lipinski definition) is 4. The molecule has 0 aromatic heterocycles. The maximum Gasteiger partial charge on any atom is 0.267 e. The molecule has 2 aliphatic heterocycles. The van der Waals surface area contributed by atoms with Gasteiger partial charge in [0, 0.05) is 26.6 Å². The van der Waals surface area contributed by atoms with Crippen LogP contribution < -0.4 is 15.0 Å². The molecule has 1 saturated heterocycles. The van der Waals surface area contributed by atoms with Crippen LogP contribution in [0.1, 0.15) is 6.42 Å². The highest BCUT2D eigenvalue weighted by molar-refractivity contribution is 5.99. The summed E-state index contributed by atoms with van der Waals surface area (Å²) in [6.45, 7) is 2.34. The molecule has 0 spiro atoms. The summed E-state index contributed by atoms with van der Waals surface area (Å²) >= 11 is 0. The maximum atomic E-state index is 12.3. The molecule has 2 atom stereocenters. The molecule has 19 heavy (non-hydrogen) atoms.